The number of likely N-dealkylation sites (tertiary alicyclic amines) is 1. The SMILES string of the molecule is C.CC(C)c1cc(CN2CCCCC2)ns1.CC(C)c1cc(CN2CCOCC2)ns1.CC(C)c1ccc(CN2CCN(C)CC2)cn1.CC(C)c1ccc(Cn2cncn2)cc1.CC(C)c1ccc2ncsc2c1.CC(C)c1nc2c(s1)CN(C)CC2.COCCN(C)Cc1cc(C(C)C)sn1.Cc1cc(C(C)C)sn1.Cc1ncc(C(C)C)s1.Cc1nsc(C(C)C)c1C. The average Bonchev–Trinajstić information content (AvgIpc) is 1.68. The van der Waals surface area contributed by atoms with Gasteiger partial charge in [-0.05, 0) is 256 Å². The molecule has 4 aliphatic heterocycles. The highest BCUT2D eigenvalue weighted by Gasteiger charge is 2.21. The van der Waals surface area contributed by atoms with Crippen LogP contribution in [0.4, 0.5) is 0 Å². The molecule has 0 amide bonds. The van der Waals surface area contributed by atoms with Crippen LogP contribution in [0, 0.1) is 27.7 Å². The predicted molar refractivity (Wildman–Crippen MR) is 567 cm³/mol. The predicted octanol–water partition coefficient (Wildman–Crippen LogP) is 26.4. The number of piperazine rings is 1. The largest absolute Gasteiger partial charge is 0.383 e. The molecular formula is C103H162N18O2S8. The van der Waals surface area contributed by atoms with E-state index in [9.17, 15) is 0 Å². The Morgan fingerprint density at radius 3 is 1.50 bits per heavy atom. The second-order valence-corrected chi connectivity index (χ2v) is 45.0. The van der Waals surface area contributed by atoms with E-state index in [-0.39, 0.29) is 7.43 Å². The Morgan fingerprint density at radius 1 is 0.481 bits per heavy atom. The Hall–Kier alpha value is -6.29. The number of thiazole rings is 3. The second kappa shape index (κ2) is 60.3. The molecule has 0 bridgehead atoms. The zero-order valence-corrected chi connectivity index (χ0v) is 90.6. The van der Waals surface area contributed by atoms with Crippen molar-refractivity contribution in [2.75, 3.05) is 114 Å². The van der Waals surface area contributed by atoms with Gasteiger partial charge in [-0.15, -0.1) is 34.0 Å². The molecule has 0 atom stereocenters. The van der Waals surface area contributed by atoms with Gasteiger partial charge in [0, 0.05) is 157 Å². The van der Waals surface area contributed by atoms with E-state index in [0.717, 1.165) is 103 Å². The molecule has 0 spiro atoms. The summed E-state index contributed by atoms with van der Waals surface area (Å²) in [7, 11) is 8.19. The van der Waals surface area contributed by atoms with Gasteiger partial charge in [0.15, 0.2) is 0 Å². The molecule has 4 aliphatic rings. The molecule has 0 unspecified atom stereocenters. The smallest absolute Gasteiger partial charge is 0.137 e. The number of morpholine rings is 1. The number of methoxy groups -OCH3 is 1. The molecular weight excluding hydrogens is 1780 g/mol. The Kier molecular flexibility index (Phi) is 52.2. The number of piperidine rings is 1. The number of nitrogens with zero attached hydrogens (tertiary/aromatic N) is 18. The number of likely N-dealkylation sites (N-methyl/N-ethyl adjacent to an activating group) is 3. The Labute approximate surface area is 823 Å². The number of benzene rings is 2. The van der Waals surface area contributed by atoms with Crippen molar-refractivity contribution in [1.82, 2.24) is 86.0 Å². The Morgan fingerprint density at radius 2 is 1.04 bits per heavy atom. The van der Waals surface area contributed by atoms with Crippen LogP contribution >= 0.6 is 91.7 Å². The van der Waals surface area contributed by atoms with Gasteiger partial charge < -0.3 is 19.3 Å². The van der Waals surface area contributed by atoms with Crippen LogP contribution in [0.25, 0.3) is 10.2 Å². The van der Waals surface area contributed by atoms with Gasteiger partial charge in [0.05, 0.1) is 86.3 Å². The number of hydrogen-bond acceptors (Lipinski definition) is 27. The molecule has 20 nitrogen and oxygen atoms in total. The minimum atomic E-state index is 0. The van der Waals surface area contributed by atoms with Crippen LogP contribution in [-0.2, 0) is 55.2 Å². The molecule has 724 valence electrons. The number of rotatable bonds is 23. The highest BCUT2D eigenvalue weighted by Crippen LogP contribution is 2.32. The van der Waals surface area contributed by atoms with Crippen LogP contribution < -0.4 is 0 Å². The number of pyridine rings is 1. The quantitative estimate of drug-likeness (QED) is 0.0588. The second-order valence-electron chi connectivity index (χ2n) is 37.6. The van der Waals surface area contributed by atoms with Crippen molar-refractivity contribution in [1.29, 1.82) is 0 Å². The summed E-state index contributed by atoms with van der Waals surface area (Å²) in [6.07, 6.45) is 12.6. The Bertz CT molecular complexity index is 4860. The van der Waals surface area contributed by atoms with E-state index >= 15 is 0 Å². The minimum absolute atomic E-state index is 0. The van der Waals surface area contributed by atoms with Crippen LogP contribution in [0.15, 0.2) is 109 Å². The lowest BCUT2D eigenvalue weighted by atomic mass is 10.0. The van der Waals surface area contributed by atoms with E-state index in [2.05, 4.69) is 334 Å². The van der Waals surface area contributed by atoms with Gasteiger partial charge in [-0.3, -0.25) is 24.6 Å². The molecule has 3 fully saturated rings. The average molecular weight is 1940 g/mol. The zero-order valence-electron chi connectivity index (χ0n) is 84.1. The standard InChI is InChI=1S/C14H23N3.C12H15N3.C12H20N2S.C11H18N2OS.C11H20N2OS.C10H16N2S.C10H11NS.C8H13NS.2C7H11NS.CH4/c1-12(2)14-5-4-13(10-15-14)11-17-8-6-16(3)7-9-17;1-10(2)12-5-3-11(4-6-12)7-15-9-13-8-14-15;1-10(2)12-8-11(13-15-12)9-14-6-4-3-5-7-14;1-9(2)11-7-10(12-15-11)8-13-3-5-14-6-4-13;1-9(2)11-7-10(12-15-11)8-13(3)5-6-14-4;1-7(2)10-11-8-4-5-12(3)6-9(8)13-10;1-7(2)8-3-4-9-10(5-8)12-6-11-9;1-5(2)8-6(3)7(4)9-10-8;1-5(2)7-4-8-6(3)9-7;1-5(2)7-4-6(3)8-9-7;/h4-5,10,12H,6-9,11H2,1-3H3;3-6,8-10H,7H2,1-2H3;8,10H,3-7,9H2,1-2H3;7,9H,3-6,8H2,1-2H3;7,9H,5-6,8H2,1-4H3;7H,4-6H2,1-3H3;3-7H,1-2H3;5H,1-4H3;2*4-5H,1-3H3;1H4. The maximum atomic E-state index is 5.32. The summed E-state index contributed by atoms with van der Waals surface area (Å²) >= 11 is 13.6. The summed E-state index contributed by atoms with van der Waals surface area (Å²) in [6, 6.07) is 28.4. The van der Waals surface area contributed by atoms with Crippen molar-refractivity contribution in [3.63, 3.8) is 0 Å². The summed E-state index contributed by atoms with van der Waals surface area (Å²) in [5.74, 6) is 6.01. The zero-order chi connectivity index (χ0) is 94.9. The van der Waals surface area contributed by atoms with E-state index in [4.69, 9.17) is 9.47 Å². The topological polar surface area (TPSA) is 185 Å². The van der Waals surface area contributed by atoms with Crippen molar-refractivity contribution in [3.8, 4) is 0 Å². The van der Waals surface area contributed by atoms with E-state index in [1.165, 1.54) is 169 Å². The van der Waals surface area contributed by atoms with E-state index < -0.39 is 0 Å². The van der Waals surface area contributed by atoms with Crippen LogP contribution in [0.1, 0.15) is 336 Å². The highest BCUT2D eigenvalue weighted by atomic mass is 32.1. The lowest BCUT2D eigenvalue weighted by Gasteiger charge is -2.32. The van der Waals surface area contributed by atoms with Crippen molar-refractivity contribution in [2.45, 2.75) is 298 Å². The minimum Gasteiger partial charge on any atom is -0.383 e. The van der Waals surface area contributed by atoms with Gasteiger partial charge in [0.2, 0.25) is 0 Å². The maximum absolute atomic E-state index is 5.32. The van der Waals surface area contributed by atoms with Crippen LogP contribution in [0.3, 0.4) is 0 Å². The fourth-order valence-corrected chi connectivity index (χ4v) is 20.2. The third kappa shape index (κ3) is 42.1. The first-order valence-corrected chi connectivity index (χ1v) is 53.5. The van der Waals surface area contributed by atoms with E-state index in [0.29, 0.717) is 59.2 Å². The first-order chi connectivity index (χ1) is 62.0. The maximum Gasteiger partial charge on any atom is 0.137 e. The normalized spacial score (nSPS) is 14.4. The van der Waals surface area contributed by atoms with Gasteiger partial charge in [-0.1, -0.05) is 189 Å². The van der Waals surface area contributed by atoms with E-state index in [1.54, 1.807) is 100 Å². The van der Waals surface area contributed by atoms with Crippen molar-refractivity contribution in [3.05, 3.63) is 221 Å². The third-order valence-electron chi connectivity index (χ3n) is 22.4. The fourth-order valence-electron chi connectivity index (χ4n) is 13.7. The molecule has 131 heavy (non-hydrogen) atoms. The van der Waals surface area contributed by atoms with Gasteiger partial charge >= 0.3 is 0 Å². The van der Waals surface area contributed by atoms with Crippen molar-refractivity contribution >= 4 is 102 Å². The first-order valence-electron chi connectivity index (χ1n) is 47.1. The molecule has 0 saturated carbocycles. The molecule has 2 aromatic carbocycles. The molecule has 0 aliphatic carbocycles. The van der Waals surface area contributed by atoms with Gasteiger partial charge in [-0.25, -0.2) is 24.6 Å². The Balaban J connectivity index is 0.000000225. The fraction of sp³-hybridized carbons (Fsp3) is 0.602. The van der Waals surface area contributed by atoms with E-state index in [1.807, 2.05) is 47.8 Å². The van der Waals surface area contributed by atoms with Crippen LogP contribution in [0.2, 0.25) is 0 Å². The van der Waals surface area contributed by atoms with Crippen LogP contribution in [-0.4, -0.2) is 199 Å². The number of aryl methyl sites for hydroxylation is 3. The van der Waals surface area contributed by atoms with Gasteiger partial charge in [0.1, 0.15) is 12.7 Å². The molecule has 0 N–H and O–H groups in total. The number of fused-ring (bicyclic) bond motifs is 2. The molecule has 12 aromatic rings. The molecule has 16 rings (SSSR count). The van der Waals surface area contributed by atoms with Crippen LogP contribution in [0.5, 0.6) is 0 Å². The molecule has 14 heterocycles. The van der Waals surface area contributed by atoms with Gasteiger partial charge in [0.25, 0.3) is 0 Å². The summed E-state index contributed by atoms with van der Waals surface area (Å²) in [5.41, 5.74) is 18.3. The highest BCUT2D eigenvalue weighted by molar-refractivity contribution is 7.16. The van der Waals surface area contributed by atoms with Crippen molar-refractivity contribution < 1.29 is 9.47 Å². The number of aromatic nitrogens is 12. The summed E-state index contributed by atoms with van der Waals surface area (Å²) in [4.78, 5) is 45.8. The third-order valence-corrected chi connectivity index (χ3v) is 31.7. The lowest BCUT2D eigenvalue weighted by molar-refractivity contribution is 0.0337. The number of ether oxygens (including phenoxy) is 2. The van der Waals surface area contributed by atoms with Gasteiger partial charge in [-0.2, -0.15) is 27.0 Å². The first kappa shape index (κ1) is 113. The summed E-state index contributed by atoms with van der Waals surface area (Å²) in [5, 5.41) is 6.55. The lowest BCUT2D eigenvalue weighted by Crippen LogP contribution is -2.43. The molecule has 10 aromatic heterocycles. The van der Waals surface area contributed by atoms with Crippen molar-refractivity contribution in [2.24, 2.45) is 0 Å². The number of hydrogen-bond donors (Lipinski definition) is 0. The summed E-state index contributed by atoms with van der Waals surface area (Å²) < 4.78 is 35.4. The summed E-state index contributed by atoms with van der Waals surface area (Å²) in [6.45, 7) is 72.1. The molecule has 3 saturated heterocycles. The molecule has 28 heteroatoms. The monoisotopic (exact) mass is 1940 g/mol. The molecule has 0 radical (unpaired) electrons.